The van der Waals surface area contributed by atoms with Gasteiger partial charge >= 0.3 is 0 Å². The third kappa shape index (κ3) is 3.09. The van der Waals surface area contributed by atoms with E-state index >= 15 is 0 Å². The Morgan fingerprint density at radius 2 is 2.09 bits per heavy atom. The lowest BCUT2D eigenvalue weighted by molar-refractivity contribution is -0.134. The van der Waals surface area contributed by atoms with Gasteiger partial charge in [-0.25, -0.2) is 4.39 Å². The van der Waals surface area contributed by atoms with E-state index < -0.39 is 18.1 Å². The summed E-state index contributed by atoms with van der Waals surface area (Å²) in [4.78, 5) is 25.7. The first-order valence-electron chi connectivity index (χ1n) is 7.13. The Labute approximate surface area is 134 Å². The number of likely N-dealkylation sites (tertiary alicyclic amines) is 1. The molecular weight excluding hydrogens is 307 g/mol. The minimum atomic E-state index is -0.645. The minimum absolute atomic E-state index is 0.0393. The van der Waals surface area contributed by atoms with Gasteiger partial charge in [0.2, 0.25) is 11.8 Å². The Hall–Kier alpha value is -1.62. The van der Waals surface area contributed by atoms with Crippen LogP contribution in [0.2, 0.25) is 5.02 Å². The molecule has 0 aliphatic carbocycles. The molecular formula is C16H20ClFN2O2. The lowest BCUT2D eigenvalue weighted by Gasteiger charge is -2.28. The van der Waals surface area contributed by atoms with Gasteiger partial charge in [0.05, 0.1) is 5.02 Å². The van der Waals surface area contributed by atoms with Crippen LogP contribution in [-0.4, -0.2) is 29.8 Å². The number of likely N-dealkylation sites (N-methyl/N-ethyl adjacent to an activating group) is 1. The van der Waals surface area contributed by atoms with E-state index in [0.29, 0.717) is 22.6 Å². The molecule has 1 aliphatic rings. The van der Waals surface area contributed by atoms with Crippen LogP contribution in [0.3, 0.4) is 0 Å². The molecule has 0 bridgehead atoms. The fraction of sp³-hybridized carbons (Fsp3) is 0.500. The molecule has 2 rings (SSSR count). The van der Waals surface area contributed by atoms with Gasteiger partial charge in [-0.3, -0.25) is 9.59 Å². The van der Waals surface area contributed by atoms with Gasteiger partial charge in [-0.1, -0.05) is 43.6 Å². The molecule has 1 heterocycles. The van der Waals surface area contributed by atoms with Gasteiger partial charge in [-0.15, -0.1) is 0 Å². The van der Waals surface area contributed by atoms with E-state index in [9.17, 15) is 14.0 Å². The van der Waals surface area contributed by atoms with E-state index in [0.717, 1.165) is 0 Å². The van der Waals surface area contributed by atoms with Crippen LogP contribution in [0.4, 0.5) is 4.39 Å². The topological polar surface area (TPSA) is 49.4 Å². The first-order chi connectivity index (χ1) is 10.3. The van der Waals surface area contributed by atoms with Gasteiger partial charge in [-0.2, -0.15) is 0 Å². The van der Waals surface area contributed by atoms with Crippen LogP contribution in [-0.2, 0) is 22.8 Å². The first kappa shape index (κ1) is 16.7. The zero-order chi connectivity index (χ0) is 16.5. The van der Waals surface area contributed by atoms with Crippen molar-refractivity contribution in [1.29, 1.82) is 0 Å². The van der Waals surface area contributed by atoms with Crippen molar-refractivity contribution in [2.24, 2.45) is 5.41 Å². The summed E-state index contributed by atoms with van der Waals surface area (Å²) in [5.41, 5.74) is 0.650. The maximum absolute atomic E-state index is 12.8. The van der Waals surface area contributed by atoms with Crippen molar-refractivity contribution < 1.29 is 14.0 Å². The zero-order valence-corrected chi connectivity index (χ0v) is 13.7. The molecule has 0 aromatic heterocycles. The molecule has 2 amide bonds. The smallest absolute Gasteiger partial charge is 0.243 e. The maximum atomic E-state index is 12.8. The highest BCUT2D eigenvalue weighted by Gasteiger charge is 2.47. The predicted octanol–water partition coefficient (Wildman–Crippen LogP) is 2.68. The molecule has 0 spiro atoms. The van der Waals surface area contributed by atoms with Crippen molar-refractivity contribution >= 4 is 23.4 Å². The fourth-order valence-electron chi connectivity index (χ4n) is 2.96. The maximum Gasteiger partial charge on any atom is 0.243 e. The number of rotatable bonds is 4. The van der Waals surface area contributed by atoms with Crippen LogP contribution in [0.1, 0.15) is 31.4 Å². The molecule has 120 valence electrons. The van der Waals surface area contributed by atoms with Crippen molar-refractivity contribution in [3.05, 3.63) is 34.3 Å². The molecule has 1 aromatic rings. The molecule has 1 atom stereocenters. The van der Waals surface area contributed by atoms with Gasteiger partial charge in [-0.05, 0) is 5.56 Å². The average Bonchev–Trinajstić information content (AvgIpc) is 2.65. The normalized spacial score (nSPS) is 20.3. The molecule has 1 aliphatic heterocycles. The second kappa shape index (κ2) is 6.24. The van der Waals surface area contributed by atoms with Crippen LogP contribution in [0, 0.1) is 5.41 Å². The Morgan fingerprint density at radius 3 is 2.64 bits per heavy atom. The number of carbonyl (C=O) groups is 2. The second-order valence-electron chi connectivity index (χ2n) is 6.31. The molecule has 1 aromatic carbocycles. The Kier molecular flexibility index (Phi) is 4.75. The molecule has 0 radical (unpaired) electrons. The van der Waals surface area contributed by atoms with E-state index in [1.54, 1.807) is 25.2 Å². The fourth-order valence-corrected chi connectivity index (χ4v) is 3.21. The Balaban J connectivity index is 2.09. The van der Waals surface area contributed by atoms with Crippen molar-refractivity contribution in [3.8, 4) is 0 Å². The standard InChI is InChI=1S/C16H20ClFN2O2/c1-16(2)7-12(21)20(3)14(16)15(22)19-9-11-6-4-5-10(8-18)13(11)17/h4-6,14H,7-9H2,1-3H3,(H,19,22). The predicted molar refractivity (Wildman–Crippen MR) is 83.1 cm³/mol. The molecule has 4 nitrogen and oxygen atoms in total. The van der Waals surface area contributed by atoms with Crippen LogP contribution in [0.25, 0.3) is 0 Å². The van der Waals surface area contributed by atoms with Gasteiger partial charge in [0, 0.05) is 31.0 Å². The quantitative estimate of drug-likeness (QED) is 0.924. The summed E-state index contributed by atoms with van der Waals surface area (Å²) < 4.78 is 12.8. The lowest BCUT2D eigenvalue weighted by atomic mass is 9.84. The van der Waals surface area contributed by atoms with Crippen LogP contribution in [0.5, 0.6) is 0 Å². The number of amides is 2. The highest BCUT2D eigenvalue weighted by molar-refractivity contribution is 6.32. The summed E-state index contributed by atoms with van der Waals surface area (Å²) in [5, 5.41) is 3.13. The van der Waals surface area contributed by atoms with Gasteiger partial charge in [0.1, 0.15) is 12.7 Å². The summed E-state index contributed by atoms with van der Waals surface area (Å²) >= 11 is 6.10. The first-order valence-corrected chi connectivity index (χ1v) is 7.51. The second-order valence-corrected chi connectivity index (χ2v) is 6.69. The van der Waals surface area contributed by atoms with Crippen LogP contribution >= 0.6 is 11.6 Å². The third-order valence-electron chi connectivity index (χ3n) is 4.13. The number of carbonyl (C=O) groups excluding carboxylic acids is 2. The van der Waals surface area contributed by atoms with Gasteiger partial charge in [0.15, 0.2) is 0 Å². The van der Waals surface area contributed by atoms with E-state index in [-0.39, 0.29) is 18.4 Å². The van der Waals surface area contributed by atoms with Crippen LogP contribution < -0.4 is 5.32 Å². The van der Waals surface area contributed by atoms with Crippen molar-refractivity contribution in [2.45, 2.75) is 39.5 Å². The largest absolute Gasteiger partial charge is 0.350 e. The zero-order valence-electron chi connectivity index (χ0n) is 13.0. The van der Waals surface area contributed by atoms with Crippen molar-refractivity contribution in [1.82, 2.24) is 10.2 Å². The number of hydrogen-bond donors (Lipinski definition) is 1. The molecule has 1 unspecified atom stereocenters. The monoisotopic (exact) mass is 326 g/mol. The molecule has 1 saturated heterocycles. The van der Waals surface area contributed by atoms with E-state index in [2.05, 4.69) is 5.32 Å². The SMILES string of the molecule is CN1C(=O)CC(C)(C)C1C(=O)NCc1cccc(CF)c1Cl. The lowest BCUT2D eigenvalue weighted by Crippen LogP contribution is -2.48. The van der Waals surface area contributed by atoms with E-state index in [1.807, 2.05) is 13.8 Å². The molecule has 6 heteroatoms. The van der Waals surface area contributed by atoms with E-state index in [4.69, 9.17) is 11.6 Å². The minimum Gasteiger partial charge on any atom is -0.350 e. The highest BCUT2D eigenvalue weighted by atomic mass is 35.5. The van der Waals surface area contributed by atoms with E-state index in [1.165, 1.54) is 4.90 Å². The van der Waals surface area contributed by atoms with Gasteiger partial charge in [0.25, 0.3) is 0 Å². The number of halogens is 2. The van der Waals surface area contributed by atoms with Gasteiger partial charge < -0.3 is 10.2 Å². The number of nitrogens with one attached hydrogen (secondary N) is 1. The van der Waals surface area contributed by atoms with Crippen LogP contribution in [0.15, 0.2) is 18.2 Å². The Morgan fingerprint density at radius 1 is 1.45 bits per heavy atom. The third-order valence-corrected chi connectivity index (χ3v) is 4.62. The summed E-state index contributed by atoms with van der Waals surface area (Å²) in [5.74, 6) is -0.261. The summed E-state index contributed by atoms with van der Waals surface area (Å²) in [6.45, 7) is 3.36. The number of alkyl halides is 1. The molecule has 1 fully saturated rings. The summed E-state index contributed by atoms with van der Waals surface area (Å²) in [6, 6.07) is 4.55. The highest BCUT2D eigenvalue weighted by Crippen LogP contribution is 2.36. The summed E-state index contributed by atoms with van der Waals surface area (Å²) in [7, 11) is 1.64. The molecule has 22 heavy (non-hydrogen) atoms. The molecule has 1 N–H and O–H groups in total. The van der Waals surface area contributed by atoms with Crippen molar-refractivity contribution in [3.63, 3.8) is 0 Å². The Bertz CT molecular complexity index is 604. The summed E-state index contributed by atoms with van der Waals surface area (Å²) in [6.07, 6.45) is 0.347. The average molecular weight is 327 g/mol. The number of benzene rings is 1. The number of hydrogen-bond acceptors (Lipinski definition) is 2. The number of nitrogens with zero attached hydrogens (tertiary/aromatic N) is 1. The molecule has 0 saturated carbocycles. The van der Waals surface area contributed by atoms with Crippen molar-refractivity contribution in [2.75, 3.05) is 7.05 Å².